The molecule has 0 saturated heterocycles. The van der Waals surface area contributed by atoms with Gasteiger partial charge in [0, 0.05) is 18.1 Å². The molecule has 22 heavy (non-hydrogen) atoms. The zero-order valence-corrected chi connectivity index (χ0v) is 15.2. The zero-order chi connectivity index (χ0) is 16.6. The summed E-state index contributed by atoms with van der Waals surface area (Å²) in [6.07, 6.45) is 9.70. The largest absolute Gasteiger partial charge is 0.444 e. The van der Waals surface area contributed by atoms with E-state index in [-0.39, 0.29) is 12.1 Å². The molecule has 0 aliphatic heterocycles. The predicted octanol–water partition coefficient (Wildman–Crippen LogP) is 4.38. The number of carbonyl (C=O) groups is 1. The van der Waals surface area contributed by atoms with Crippen LogP contribution in [-0.2, 0) is 4.74 Å². The summed E-state index contributed by atoms with van der Waals surface area (Å²) < 4.78 is 5.28. The average Bonchev–Trinajstić information content (AvgIpc) is 2.33. The number of rotatable bonds is 9. The highest BCUT2D eigenvalue weighted by atomic mass is 16.6. The van der Waals surface area contributed by atoms with Gasteiger partial charge in [0.25, 0.3) is 0 Å². The Morgan fingerprint density at radius 2 is 1.77 bits per heavy atom. The second kappa shape index (κ2) is 9.39. The third-order valence-electron chi connectivity index (χ3n) is 4.12. The Kier molecular flexibility index (Phi) is 8.23. The van der Waals surface area contributed by atoms with Crippen molar-refractivity contribution in [2.45, 2.75) is 110 Å². The summed E-state index contributed by atoms with van der Waals surface area (Å²) in [5.74, 6) is 0. The number of nitrogens with one attached hydrogen (secondary N) is 2. The first-order valence-electron chi connectivity index (χ1n) is 9.05. The molecule has 1 aliphatic carbocycles. The van der Waals surface area contributed by atoms with Gasteiger partial charge in [-0.1, -0.05) is 39.0 Å². The smallest absolute Gasteiger partial charge is 0.407 e. The van der Waals surface area contributed by atoms with Crippen LogP contribution in [0.5, 0.6) is 0 Å². The van der Waals surface area contributed by atoms with Gasteiger partial charge in [-0.05, 0) is 47.0 Å². The van der Waals surface area contributed by atoms with Crippen molar-refractivity contribution in [3.05, 3.63) is 0 Å². The van der Waals surface area contributed by atoms with Crippen LogP contribution in [0.25, 0.3) is 0 Å². The van der Waals surface area contributed by atoms with Crippen molar-refractivity contribution in [3.63, 3.8) is 0 Å². The summed E-state index contributed by atoms with van der Waals surface area (Å²) in [4.78, 5) is 11.7. The maximum Gasteiger partial charge on any atom is 0.407 e. The standard InChI is InChI=1S/C18H36N2O2/c1-6-7-8-9-10-11-14(2)19-15-12-16(13-15)20-17(21)22-18(3,4)5/h14-16,19H,6-13H2,1-5H3,(H,20,21). The number of hydrogen-bond donors (Lipinski definition) is 2. The Morgan fingerprint density at radius 1 is 1.14 bits per heavy atom. The average molecular weight is 312 g/mol. The first-order chi connectivity index (χ1) is 10.3. The molecule has 1 atom stereocenters. The van der Waals surface area contributed by atoms with Gasteiger partial charge in [-0.2, -0.15) is 0 Å². The van der Waals surface area contributed by atoms with Gasteiger partial charge in [-0.25, -0.2) is 4.79 Å². The molecule has 1 rings (SSSR count). The third kappa shape index (κ3) is 8.62. The van der Waals surface area contributed by atoms with E-state index < -0.39 is 5.60 Å². The van der Waals surface area contributed by atoms with E-state index in [2.05, 4.69) is 24.5 Å². The van der Waals surface area contributed by atoms with Crippen LogP contribution in [0.3, 0.4) is 0 Å². The van der Waals surface area contributed by atoms with Crippen LogP contribution in [0.2, 0.25) is 0 Å². The summed E-state index contributed by atoms with van der Waals surface area (Å²) in [6.45, 7) is 10.2. The van der Waals surface area contributed by atoms with Crippen molar-refractivity contribution in [2.75, 3.05) is 0 Å². The molecule has 0 aromatic rings. The van der Waals surface area contributed by atoms with Gasteiger partial charge in [0.15, 0.2) is 0 Å². The number of unbranched alkanes of at least 4 members (excludes halogenated alkanes) is 4. The Hall–Kier alpha value is -0.770. The fourth-order valence-corrected chi connectivity index (χ4v) is 2.89. The molecular formula is C18H36N2O2. The SMILES string of the molecule is CCCCCCCC(C)NC1CC(NC(=O)OC(C)(C)C)C1. The summed E-state index contributed by atoms with van der Waals surface area (Å²) in [5, 5.41) is 6.61. The second-order valence-electron chi connectivity index (χ2n) is 7.78. The minimum atomic E-state index is -0.419. The minimum Gasteiger partial charge on any atom is -0.444 e. The molecule has 0 heterocycles. The van der Waals surface area contributed by atoms with Crippen LogP contribution in [0.1, 0.15) is 86.0 Å². The summed E-state index contributed by atoms with van der Waals surface area (Å²) >= 11 is 0. The van der Waals surface area contributed by atoms with Gasteiger partial charge in [0.1, 0.15) is 5.60 Å². The zero-order valence-electron chi connectivity index (χ0n) is 15.2. The fourth-order valence-electron chi connectivity index (χ4n) is 2.89. The van der Waals surface area contributed by atoms with Gasteiger partial charge >= 0.3 is 6.09 Å². The Balaban J connectivity index is 2.03. The van der Waals surface area contributed by atoms with E-state index in [9.17, 15) is 4.79 Å². The number of amides is 1. The lowest BCUT2D eigenvalue weighted by atomic mass is 9.86. The molecule has 4 heteroatoms. The highest BCUT2D eigenvalue weighted by Gasteiger charge is 2.32. The first kappa shape index (κ1) is 19.3. The van der Waals surface area contributed by atoms with E-state index in [4.69, 9.17) is 4.74 Å². The van der Waals surface area contributed by atoms with Crippen LogP contribution < -0.4 is 10.6 Å². The van der Waals surface area contributed by atoms with E-state index in [0.717, 1.165) is 12.8 Å². The maximum atomic E-state index is 11.7. The van der Waals surface area contributed by atoms with Crippen molar-refractivity contribution < 1.29 is 9.53 Å². The number of alkyl carbamates (subject to hydrolysis) is 1. The lowest BCUT2D eigenvalue weighted by Gasteiger charge is -2.38. The quantitative estimate of drug-likeness (QED) is 0.621. The third-order valence-corrected chi connectivity index (χ3v) is 4.12. The molecule has 1 amide bonds. The van der Waals surface area contributed by atoms with Crippen LogP contribution in [0, 0.1) is 0 Å². The molecule has 2 N–H and O–H groups in total. The van der Waals surface area contributed by atoms with Crippen molar-refractivity contribution in [1.29, 1.82) is 0 Å². The predicted molar refractivity (Wildman–Crippen MR) is 92.2 cm³/mol. The van der Waals surface area contributed by atoms with E-state index in [1.807, 2.05) is 20.8 Å². The molecule has 0 aromatic heterocycles. The van der Waals surface area contributed by atoms with Crippen molar-refractivity contribution >= 4 is 6.09 Å². The minimum absolute atomic E-state index is 0.268. The summed E-state index contributed by atoms with van der Waals surface area (Å²) in [5.41, 5.74) is -0.419. The number of hydrogen-bond acceptors (Lipinski definition) is 3. The molecule has 1 fully saturated rings. The Bertz CT molecular complexity index is 320. The molecular weight excluding hydrogens is 276 g/mol. The van der Waals surface area contributed by atoms with Gasteiger partial charge < -0.3 is 15.4 Å². The lowest BCUT2D eigenvalue weighted by molar-refractivity contribution is 0.0463. The Labute approximate surface area is 136 Å². The molecule has 1 saturated carbocycles. The molecule has 1 unspecified atom stereocenters. The normalized spacial score (nSPS) is 22.8. The molecule has 0 bridgehead atoms. The fraction of sp³-hybridized carbons (Fsp3) is 0.944. The molecule has 1 aliphatic rings. The number of ether oxygens (including phenoxy) is 1. The van der Waals surface area contributed by atoms with E-state index in [1.54, 1.807) is 0 Å². The highest BCUT2D eigenvalue weighted by Crippen LogP contribution is 2.22. The van der Waals surface area contributed by atoms with Gasteiger partial charge in [0.2, 0.25) is 0 Å². The first-order valence-corrected chi connectivity index (χ1v) is 9.05. The van der Waals surface area contributed by atoms with Gasteiger partial charge in [-0.3, -0.25) is 0 Å². The topological polar surface area (TPSA) is 50.4 Å². The van der Waals surface area contributed by atoms with E-state index >= 15 is 0 Å². The summed E-state index contributed by atoms with van der Waals surface area (Å²) in [6, 6.07) is 1.39. The van der Waals surface area contributed by atoms with Crippen molar-refractivity contribution in [1.82, 2.24) is 10.6 Å². The van der Waals surface area contributed by atoms with Crippen molar-refractivity contribution in [3.8, 4) is 0 Å². The lowest BCUT2D eigenvalue weighted by Crippen LogP contribution is -2.54. The van der Waals surface area contributed by atoms with Crippen LogP contribution in [-0.4, -0.2) is 29.8 Å². The molecule has 0 radical (unpaired) electrons. The Morgan fingerprint density at radius 3 is 2.36 bits per heavy atom. The highest BCUT2D eigenvalue weighted by molar-refractivity contribution is 5.68. The molecule has 4 nitrogen and oxygen atoms in total. The van der Waals surface area contributed by atoms with Crippen LogP contribution in [0.15, 0.2) is 0 Å². The maximum absolute atomic E-state index is 11.7. The molecule has 0 aromatic carbocycles. The van der Waals surface area contributed by atoms with E-state index in [0.29, 0.717) is 12.1 Å². The van der Waals surface area contributed by atoms with Gasteiger partial charge in [0.05, 0.1) is 0 Å². The number of carbonyl (C=O) groups excluding carboxylic acids is 1. The monoisotopic (exact) mass is 312 g/mol. The molecule has 130 valence electrons. The van der Waals surface area contributed by atoms with Crippen LogP contribution in [0.4, 0.5) is 4.79 Å². The molecule has 0 spiro atoms. The van der Waals surface area contributed by atoms with Gasteiger partial charge in [-0.15, -0.1) is 0 Å². The van der Waals surface area contributed by atoms with E-state index in [1.165, 1.54) is 38.5 Å². The second-order valence-corrected chi connectivity index (χ2v) is 7.78. The van der Waals surface area contributed by atoms with Crippen molar-refractivity contribution in [2.24, 2.45) is 0 Å². The summed E-state index contributed by atoms with van der Waals surface area (Å²) in [7, 11) is 0. The van der Waals surface area contributed by atoms with Crippen LogP contribution >= 0.6 is 0 Å².